The first kappa shape index (κ1) is 11.4. The van der Waals surface area contributed by atoms with Crippen molar-refractivity contribution in [2.45, 2.75) is 12.8 Å². The van der Waals surface area contributed by atoms with Gasteiger partial charge < -0.3 is 10.0 Å². The van der Waals surface area contributed by atoms with Gasteiger partial charge in [0.2, 0.25) is 0 Å². The lowest BCUT2D eigenvalue weighted by atomic mass is 9.97. The van der Waals surface area contributed by atoms with Gasteiger partial charge in [-0.1, -0.05) is 24.3 Å². The first-order chi connectivity index (χ1) is 8.88. The summed E-state index contributed by atoms with van der Waals surface area (Å²) in [6.07, 6.45) is 3.86. The number of rotatable bonds is 2. The smallest absolute Gasteiger partial charge is 0.159 e. The molecule has 2 heterocycles. The van der Waals surface area contributed by atoms with Crippen molar-refractivity contribution >= 4 is 16.6 Å². The predicted octanol–water partition coefficient (Wildman–Crippen LogP) is 1.84. The molecule has 0 saturated carbocycles. The Balaban J connectivity index is 1.91. The molecule has 0 unspecified atom stereocenters. The van der Waals surface area contributed by atoms with Crippen LogP contribution in [-0.2, 0) is 0 Å². The van der Waals surface area contributed by atoms with Crippen molar-refractivity contribution in [3.05, 3.63) is 30.5 Å². The number of piperidine rings is 1. The van der Waals surface area contributed by atoms with Crippen LogP contribution in [0.4, 0.5) is 5.82 Å². The summed E-state index contributed by atoms with van der Waals surface area (Å²) < 4.78 is 0. The summed E-state index contributed by atoms with van der Waals surface area (Å²) in [6.45, 7) is 2.21. The molecule has 3 rings (SSSR count). The maximum absolute atomic E-state index is 9.17. The van der Waals surface area contributed by atoms with Crippen LogP contribution in [0.1, 0.15) is 12.8 Å². The fourth-order valence-electron chi connectivity index (χ4n) is 2.57. The second-order valence-corrected chi connectivity index (χ2v) is 4.87. The van der Waals surface area contributed by atoms with Gasteiger partial charge in [-0.25, -0.2) is 0 Å². The van der Waals surface area contributed by atoms with E-state index in [2.05, 4.69) is 27.2 Å². The normalized spacial score (nSPS) is 17.3. The largest absolute Gasteiger partial charge is 0.396 e. The molecule has 4 nitrogen and oxygen atoms in total. The quantitative estimate of drug-likeness (QED) is 0.874. The second-order valence-electron chi connectivity index (χ2n) is 4.87. The lowest BCUT2D eigenvalue weighted by Gasteiger charge is -2.32. The van der Waals surface area contributed by atoms with Crippen molar-refractivity contribution in [2.75, 3.05) is 24.6 Å². The Labute approximate surface area is 106 Å². The van der Waals surface area contributed by atoms with E-state index in [9.17, 15) is 5.11 Å². The summed E-state index contributed by atoms with van der Waals surface area (Å²) in [7, 11) is 0. The molecule has 0 atom stereocenters. The van der Waals surface area contributed by atoms with Gasteiger partial charge in [-0.3, -0.25) is 0 Å². The topological polar surface area (TPSA) is 49.2 Å². The van der Waals surface area contributed by atoms with Gasteiger partial charge in [0.15, 0.2) is 5.82 Å². The molecule has 2 aromatic rings. The molecule has 1 aliphatic rings. The zero-order valence-electron chi connectivity index (χ0n) is 10.3. The van der Waals surface area contributed by atoms with E-state index in [4.69, 9.17) is 0 Å². The van der Waals surface area contributed by atoms with Crippen molar-refractivity contribution in [3.8, 4) is 0 Å². The molecule has 1 N–H and O–H groups in total. The maximum Gasteiger partial charge on any atom is 0.159 e. The highest BCUT2D eigenvalue weighted by molar-refractivity contribution is 5.91. The Bertz CT molecular complexity index is 530. The summed E-state index contributed by atoms with van der Waals surface area (Å²) in [5, 5.41) is 19.8. The first-order valence-electron chi connectivity index (χ1n) is 6.44. The molecular formula is C14H17N3O. The highest BCUT2D eigenvalue weighted by atomic mass is 16.3. The Morgan fingerprint density at radius 2 is 2.00 bits per heavy atom. The number of anilines is 1. The summed E-state index contributed by atoms with van der Waals surface area (Å²) in [5.41, 5.74) is 0. The molecule has 1 fully saturated rings. The molecule has 0 amide bonds. The molecule has 1 aliphatic heterocycles. The third kappa shape index (κ3) is 2.04. The van der Waals surface area contributed by atoms with Crippen LogP contribution in [0.3, 0.4) is 0 Å². The number of aliphatic hydroxyl groups is 1. The van der Waals surface area contributed by atoms with Crippen LogP contribution in [0.15, 0.2) is 30.5 Å². The predicted molar refractivity (Wildman–Crippen MR) is 71.6 cm³/mol. The van der Waals surface area contributed by atoms with E-state index in [0.717, 1.165) is 42.5 Å². The second kappa shape index (κ2) is 4.90. The zero-order chi connectivity index (χ0) is 12.4. The van der Waals surface area contributed by atoms with Crippen molar-refractivity contribution in [3.63, 3.8) is 0 Å². The summed E-state index contributed by atoms with van der Waals surface area (Å²) >= 11 is 0. The van der Waals surface area contributed by atoms with Crippen LogP contribution in [0.2, 0.25) is 0 Å². The molecule has 0 aliphatic carbocycles. The summed E-state index contributed by atoms with van der Waals surface area (Å²) in [6, 6.07) is 8.21. The minimum Gasteiger partial charge on any atom is -0.396 e. The van der Waals surface area contributed by atoms with Gasteiger partial charge >= 0.3 is 0 Å². The van der Waals surface area contributed by atoms with Gasteiger partial charge in [0.05, 0.1) is 6.20 Å². The maximum atomic E-state index is 9.17. The number of fused-ring (bicyclic) bond motifs is 1. The van der Waals surface area contributed by atoms with E-state index in [1.807, 2.05) is 12.1 Å². The third-order valence-electron chi connectivity index (χ3n) is 3.72. The van der Waals surface area contributed by atoms with Gasteiger partial charge in [0, 0.05) is 30.5 Å². The molecule has 4 heteroatoms. The number of aromatic nitrogens is 2. The summed E-state index contributed by atoms with van der Waals surface area (Å²) in [5.74, 6) is 1.42. The van der Waals surface area contributed by atoms with E-state index in [0.29, 0.717) is 12.5 Å². The molecule has 1 saturated heterocycles. The molecule has 0 radical (unpaired) electrons. The van der Waals surface area contributed by atoms with E-state index < -0.39 is 0 Å². The minimum atomic E-state index is 0.301. The molecular weight excluding hydrogens is 226 g/mol. The standard InChI is InChI=1S/C14H17N3O/c18-10-11-5-7-17(8-6-11)14-13-4-2-1-3-12(13)9-15-16-14/h1-4,9,11,18H,5-8,10H2. The van der Waals surface area contributed by atoms with Crippen molar-refractivity contribution in [1.29, 1.82) is 0 Å². The van der Waals surface area contributed by atoms with Crippen molar-refractivity contribution in [1.82, 2.24) is 10.2 Å². The molecule has 0 spiro atoms. The van der Waals surface area contributed by atoms with Crippen LogP contribution < -0.4 is 4.90 Å². The number of aliphatic hydroxyl groups excluding tert-OH is 1. The molecule has 94 valence electrons. The van der Waals surface area contributed by atoms with E-state index in [-0.39, 0.29) is 0 Å². The lowest BCUT2D eigenvalue weighted by molar-refractivity contribution is 0.203. The number of hydrogen-bond donors (Lipinski definition) is 1. The Morgan fingerprint density at radius 3 is 2.78 bits per heavy atom. The highest BCUT2D eigenvalue weighted by Crippen LogP contribution is 2.27. The van der Waals surface area contributed by atoms with Crippen molar-refractivity contribution < 1.29 is 5.11 Å². The molecule has 1 aromatic carbocycles. The van der Waals surface area contributed by atoms with Crippen LogP contribution in [0.5, 0.6) is 0 Å². The van der Waals surface area contributed by atoms with E-state index >= 15 is 0 Å². The van der Waals surface area contributed by atoms with Gasteiger partial charge in [0.25, 0.3) is 0 Å². The molecule has 0 bridgehead atoms. The molecule has 1 aromatic heterocycles. The Hall–Kier alpha value is -1.68. The number of hydrogen-bond acceptors (Lipinski definition) is 4. The SMILES string of the molecule is OCC1CCN(c2nncc3ccccc23)CC1. The average molecular weight is 243 g/mol. The van der Waals surface area contributed by atoms with Gasteiger partial charge in [-0.05, 0) is 18.8 Å². The fraction of sp³-hybridized carbons (Fsp3) is 0.429. The fourth-order valence-corrected chi connectivity index (χ4v) is 2.57. The van der Waals surface area contributed by atoms with Crippen LogP contribution in [0.25, 0.3) is 10.8 Å². The van der Waals surface area contributed by atoms with Crippen LogP contribution in [0, 0.1) is 5.92 Å². The van der Waals surface area contributed by atoms with Gasteiger partial charge in [0.1, 0.15) is 0 Å². The molecule has 18 heavy (non-hydrogen) atoms. The van der Waals surface area contributed by atoms with Gasteiger partial charge in [-0.15, -0.1) is 5.10 Å². The lowest BCUT2D eigenvalue weighted by Crippen LogP contribution is -2.35. The van der Waals surface area contributed by atoms with Crippen LogP contribution in [-0.4, -0.2) is 35.0 Å². The Kier molecular flexibility index (Phi) is 3.11. The third-order valence-corrected chi connectivity index (χ3v) is 3.72. The first-order valence-corrected chi connectivity index (χ1v) is 6.44. The van der Waals surface area contributed by atoms with Crippen LogP contribution >= 0.6 is 0 Å². The minimum absolute atomic E-state index is 0.301. The summed E-state index contributed by atoms with van der Waals surface area (Å²) in [4.78, 5) is 2.28. The van der Waals surface area contributed by atoms with Crippen molar-refractivity contribution in [2.24, 2.45) is 5.92 Å². The van der Waals surface area contributed by atoms with Gasteiger partial charge in [-0.2, -0.15) is 5.10 Å². The number of benzene rings is 1. The Morgan fingerprint density at radius 1 is 1.22 bits per heavy atom. The highest BCUT2D eigenvalue weighted by Gasteiger charge is 2.20. The average Bonchev–Trinajstić information content (AvgIpc) is 2.47. The zero-order valence-corrected chi connectivity index (χ0v) is 10.3. The number of nitrogens with zero attached hydrogens (tertiary/aromatic N) is 3. The monoisotopic (exact) mass is 243 g/mol. The van der Waals surface area contributed by atoms with E-state index in [1.54, 1.807) is 6.20 Å². The van der Waals surface area contributed by atoms with E-state index in [1.165, 1.54) is 0 Å².